The Morgan fingerprint density at radius 3 is 2.48 bits per heavy atom. The molecule has 1 aliphatic rings. The lowest BCUT2D eigenvalue weighted by Crippen LogP contribution is -2.37. The number of benzene rings is 1. The third-order valence-corrected chi connectivity index (χ3v) is 4.93. The Kier molecular flexibility index (Phi) is 5.63. The Balaban J connectivity index is 2.01. The molecular formula is C17H24FN5OS. The van der Waals surface area contributed by atoms with Crippen molar-refractivity contribution in [2.24, 2.45) is 0 Å². The average Bonchev–Trinajstić information content (AvgIpc) is 2.92. The van der Waals surface area contributed by atoms with Gasteiger partial charge in [-0.25, -0.2) is 9.07 Å². The van der Waals surface area contributed by atoms with Gasteiger partial charge in [-0.1, -0.05) is 0 Å². The van der Waals surface area contributed by atoms with E-state index in [4.69, 9.17) is 22.1 Å². The second-order valence-corrected chi connectivity index (χ2v) is 6.83. The van der Waals surface area contributed by atoms with Gasteiger partial charge in [0.05, 0.1) is 25.9 Å². The van der Waals surface area contributed by atoms with Gasteiger partial charge in [-0.3, -0.25) is 14.4 Å². The van der Waals surface area contributed by atoms with Crippen LogP contribution in [0.25, 0.3) is 5.69 Å². The molecule has 0 aliphatic carbocycles. The minimum atomic E-state index is -0.266. The Hall–Kier alpha value is -1.61. The van der Waals surface area contributed by atoms with Gasteiger partial charge < -0.3 is 4.74 Å². The van der Waals surface area contributed by atoms with E-state index in [1.54, 1.807) is 12.1 Å². The van der Waals surface area contributed by atoms with Crippen LogP contribution in [0.2, 0.25) is 0 Å². The van der Waals surface area contributed by atoms with Gasteiger partial charge in [0, 0.05) is 18.8 Å². The molecule has 1 aromatic carbocycles. The van der Waals surface area contributed by atoms with Crippen LogP contribution in [0.5, 0.6) is 0 Å². The first-order valence-corrected chi connectivity index (χ1v) is 8.80. The first-order valence-electron chi connectivity index (χ1n) is 8.39. The van der Waals surface area contributed by atoms with Crippen LogP contribution < -0.4 is 0 Å². The fourth-order valence-electron chi connectivity index (χ4n) is 2.78. The van der Waals surface area contributed by atoms with Crippen molar-refractivity contribution in [2.75, 3.05) is 40.4 Å². The number of rotatable bonds is 5. The highest BCUT2D eigenvalue weighted by atomic mass is 32.1. The van der Waals surface area contributed by atoms with E-state index < -0.39 is 0 Å². The maximum absolute atomic E-state index is 13.3. The van der Waals surface area contributed by atoms with Gasteiger partial charge in [0.25, 0.3) is 0 Å². The molecule has 3 rings (SSSR count). The molecular weight excluding hydrogens is 341 g/mol. The van der Waals surface area contributed by atoms with Crippen LogP contribution in [0.1, 0.15) is 18.8 Å². The average molecular weight is 365 g/mol. The fourth-order valence-corrected chi connectivity index (χ4v) is 3.08. The zero-order valence-electron chi connectivity index (χ0n) is 14.9. The molecule has 1 saturated heterocycles. The molecule has 1 atom stereocenters. The normalized spacial score (nSPS) is 17.2. The second kappa shape index (κ2) is 7.74. The molecule has 1 fully saturated rings. The fraction of sp³-hybridized carbons (Fsp3) is 0.529. The van der Waals surface area contributed by atoms with E-state index in [0.717, 1.165) is 37.8 Å². The van der Waals surface area contributed by atoms with Crippen molar-refractivity contribution in [3.05, 3.63) is 40.7 Å². The number of hydrogen-bond donors (Lipinski definition) is 0. The predicted octanol–water partition coefficient (Wildman–Crippen LogP) is 2.45. The zero-order valence-corrected chi connectivity index (χ0v) is 15.7. The Morgan fingerprint density at radius 2 is 1.88 bits per heavy atom. The molecule has 2 aromatic rings. The van der Waals surface area contributed by atoms with Gasteiger partial charge in [-0.2, -0.15) is 5.10 Å². The summed E-state index contributed by atoms with van der Waals surface area (Å²) in [7, 11) is 4.01. The van der Waals surface area contributed by atoms with Crippen LogP contribution in [0, 0.1) is 10.6 Å². The van der Waals surface area contributed by atoms with Crippen LogP contribution >= 0.6 is 12.2 Å². The Labute approximate surface area is 152 Å². The van der Waals surface area contributed by atoms with Gasteiger partial charge in [-0.15, -0.1) is 0 Å². The quantitative estimate of drug-likeness (QED) is 0.761. The number of aromatic nitrogens is 3. The van der Waals surface area contributed by atoms with Crippen molar-refractivity contribution in [3.8, 4) is 5.69 Å². The minimum Gasteiger partial charge on any atom is -0.379 e. The van der Waals surface area contributed by atoms with Gasteiger partial charge in [0.2, 0.25) is 4.77 Å². The summed E-state index contributed by atoms with van der Waals surface area (Å²) >= 11 is 5.70. The number of morpholine rings is 1. The summed E-state index contributed by atoms with van der Waals surface area (Å²) in [5.41, 5.74) is 0.823. The van der Waals surface area contributed by atoms with E-state index in [1.165, 1.54) is 12.1 Å². The van der Waals surface area contributed by atoms with Crippen molar-refractivity contribution in [1.29, 1.82) is 0 Å². The lowest BCUT2D eigenvalue weighted by Gasteiger charge is -2.26. The zero-order chi connectivity index (χ0) is 18.0. The summed E-state index contributed by atoms with van der Waals surface area (Å²) < 4.78 is 23.1. The molecule has 2 heterocycles. The van der Waals surface area contributed by atoms with Crippen LogP contribution in [0.3, 0.4) is 0 Å². The van der Waals surface area contributed by atoms with Gasteiger partial charge >= 0.3 is 0 Å². The third kappa shape index (κ3) is 3.98. The van der Waals surface area contributed by atoms with E-state index in [2.05, 4.69) is 16.7 Å². The maximum atomic E-state index is 13.3. The maximum Gasteiger partial charge on any atom is 0.203 e. The highest BCUT2D eigenvalue weighted by Crippen LogP contribution is 2.21. The van der Waals surface area contributed by atoms with E-state index in [1.807, 2.05) is 23.3 Å². The van der Waals surface area contributed by atoms with Crippen molar-refractivity contribution in [2.45, 2.75) is 19.6 Å². The van der Waals surface area contributed by atoms with E-state index >= 15 is 0 Å². The molecule has 6 nitrogen and oxygen atoms in total. The second-order valence-electron chi connectivity index (χ2n) is 6.46. The molecule has 0 bridgehead atoms. The highest BCUT2D eigenvalue weighted by Gasteiger charge is 2.21. The van der Waals surface area contributed by atoms with Crippen molar-refractivity contribution >= 4 is 12.2 Å². The molecule has 0 N–H and O–H groups in total. The molecule has 8 heteroatoms. The summed E-state index contributed by atoms with van der Waals surface area (Å²) in [6, 6.07) is 6.43. The predicted molar refractivity (Wildman–Crippen MR) is 96.8 cm³/mol. The van der Waals surface area contributed by atoms with Gasteiger partial charge in [0.1, 0.15) is 5.82 Å². The van der Waals surface area contributed by atoms with Gasteiger partial charge in [0.15, 0.2) is 5.82 Å². The summed E-state index contributed by atoms with van der Waals surface area (Å²) in [5.74, 6) is 0.577. The Morgan fingerprint density at radius 1 is 1.24 bits per heavy atom. The van der Waals surface area contributed by atoms with Crippen LogP contribution in [0.15, 0.2) is 24.3 Å². The summed E-state index contributed by atoms with van der Waals surface area (Å²) in [6.45, 7) is 5.90. The van der Waals surface area contributed by atoms with Gasteiger partial charge in [-0.05, 0) is 57.5 Å². The number of halogens is 1. The minimum absolute atomic E-state index is 0.0673. The first-order chi connectivity index (χ1) is 12.0. The number of hydrogen-bond acceptors (Lipinski definition) is 5. The van der Waals surface area contributed by atoms with Crippen molar-refractivity contribution in [1.82, 2.24) is 24.1 Å². The Bertz CT molecular complexity index is 764. The first kappa shape index (κ1) is 18.2. The lowest BCUT2D eigenvalue weighted by atomic mass is 10.2. The van der Waals surface area contributed by atoms with Crippen LogP contribution in [0.4, 0.5) is 4.39 Å². The SMILES string of the molecule is CC(c1nn(CN2CCOCC2)c(=S)n1-c1ccc(F)cc1)N(C)C. The molecule has 0 saturated carbocycles. The monoisotopic (exact) mass is 365 g/mol. The highest BCUT2D eigenvalue weighted by molar-refractivity contribution is 7.71. The largest absolute Gasteiger partial charge is 0.379 e. The smallest absolute Gasteiger partial charge is 0.203 e. The molecule has 1 aliphatic heterocycles. The molecule has 0 radical (unpaired) electrons. The van der Waals surface area contributed by atoms with E-state index in [9.17, 15) is 4.39 Å². The molecule has 25 heavy (non-hydrogen) atoms. The topological polar surface area (TPSA) is 38.5 Å². The molecule has 0 amide bonds. The van der Waals surface area contributed by atoms with Crippen LogP contribution in [-0.2, 0) is 11.4 Å². The van der Waals surface area contributed by atoms with E-state index in [-0.39, 0.29) is 11.9 Å². The molecule has 1 aromatic heterocycles. The summed E-state index contributed by atoms with van der Waals surface area (Å²) in [5, 5.41) is 4.78. The number of ether oxygens (including phenoxy) is 1. The molecule has 136 valence electrons. The summed E-state index contributed by atoms with van der Waals surface area (Å²) in [6.07, 6.45) is 0. The molecule has 1 unspecified atom stereocenters. The standard InChI is InChI=1S/C17H24FN5OS/c1-13(20(2)3)16-19-22(12-21-8-10-24-11-9-21)17(25)23(16)15-6-4-14(18)5-7-15/h4-7,13H,8-12H2,1-3H3. The molecule has 0 spiro atoms. The third-order valence-electron chi connectivity index (χ3n) is 4.54. The number of nitrogens with zero attached hydrogens (tertiary/aromatic N) is 5. The summed E-state index contributed by atoms with van der Waals surface area (Å²) in [4.78, 5) is 4.35. The van der Waals surface area contributed by atoms with Crippen molar-refractivity contribution in [3.63, 3.8) is 0 Å². The van der Waals surface area contributed by atoms with Crippen molar-refractivity contribution < 1.29 is 9.13 Å². The lowest BCUT2D eigenvalue weighted by molar-refractivity contribution is 0.0208. The van der Waals surface area contributed by atoms with Crippen LogP contribution in [-0.4, -0.2) is 64.5 Å². The van der Waals surface area contributed by atoms with E-state index in [0.29, 0.717) is 11.4 Å².